The van der Waals surface area contributed by atoms with E-state index in [1.54, 1.807) is 0 Å². The molecular formula is C66H45N3Si. The zero-order valence-electron chi connectivity index (χ0n) is 38.3. The smallest absolute Gasteiger partial charge is 0.181 e. The fourth-order valence-corrected chi connectivity index (χ4v) is 16.8. The molecule has 3 nitrogen and oxygen atoms in total. The average Bonchev–Trinajstić information content (AvgIpc) is 4.08. The van der Waals surface area contributed by atoms with Crippen molar-refractivity contribution in [3.05, 3.63) is 273 Å². The highest BCUT2D eigenvalue weighted by atomic mass is 28.3. The Morgan fingerprint density at radius 1 is 0.243 bits per heavy atom. The van der Waals surface area contributed by atoms with Crippen molar-refractivity contribution in [2.45, 2.75) is 0 Å². The molecule has 328 valence electrons. The van der Waals surface area contributed by atoms with E-state index in [1.807, 2.05) is 0 Å². The van der Waals surface area contributed by atoms with E-state index in [9.17, 15) is 0 Å². The van der Waals surface area contributed by atoms with Crippen LogP contribution in [0, 0.1) is 0 Å². The highest BCUT2D eigenvalue weighted by Gasteiger charge is 2.43. The molecule has 0 saturated heterocycles. The number of hydrogen-bond acceptors (Lipinski definition) is 0. The number of rotatable bonds is 8. The van der Waals surface area contributed by atoms with Gasteiger partial charge in [0.1, 0.15) is 0 Å². The molecule has 0 aliphatic heterocycles. The highest BCUT2D eigenvalue weighted by Crippen LogP contribution is 2.42. The predicted molar refractivity (Wildman–Crippen MR) is 299 cm³/mol. The summed E-state index contributed by atoms with van der Waals surface area (Å²) in [6.07, 6.45) is 0. The van der Waals surface area contributed by atoms with Crippen LogP contribution in [0.15, 0.2) is 273 Å². The van der Waals surface area contributed by atoms with Gasteiger partial charge in [0.15, 0.2) is 8.07 Å². The Hall–Kier alpha value is -8.96. The van der Waals surface area contributed by atoms with Gasteiger partial charge in [-0.2, -0.15) is 0 Å². The third-order valence-corrected chi connectivity index (χ3v) is 19.6. The van der Waals surface area contributed by atoms with Crippen LogP contribution in [0.1, 0.15) is 0 Å². The summed E-state index contributed by atoms with van der Waals surface area (Å²) >= 11 is 0. The zero-order chi connectivity index (χ0) is 46.2. The molecule has 0 aliphatic carbocycles. The quantitative estimate of drug-likeness (QED) is 0.107. The van der Waals surface area contributed by atoms with Crippen LogP contribution in [-0.2, 0) is 0 Å². The molecule has 3 heterocycles. The molecule has 14 rings (SSSR count). The Bertz CT molecular complexity index is 4130. The normalized spacial score (nSPS) is 12.0. The van der Waals surface area contributed by atoms with E-state index in [2.05, 4.69) is 287 Å². The van der Waals surface area contributed by atoms with Crippen LogP contribution >= 0.6 is 0 Å². The summed E-state index contributed by atoms with van der Waals surface area (Å²) in [4.78, 5) is 0. The molecule has 0 N–H and O–H groups in total. The van der Waals surface area contributed by atoms with Crippen molar-refractivity contribution in [2.75, 3.05) is 0 Å². The van der Waals surface area contributed by atoms with E-state index in [-0.39, 0.29) is 0 Å². The maximum absolute atomic E-state index is 3.07. The van der Waals surface area contributed by atoms with Gasteiger partial charge in [-0.15, -0.1) is 0 Å². The van der Waals surface area contributed by atoms with Crippen molar-refractivity contribution in [1.29, 1.82) is 0 Å². The fraction of sp³-hybridized carbons (Fsp3) is 0. The second kappa shape index (κ2) is 16.1. The van der Waals surface area contributed by atoms with E-state index in [4.69, 9.17) is 0 Å². The van der Waals surface area contributed by atoms with E-state index in [0.29, 0.717) is 0 Å². The molecule has 0 spiro atoms. The molecule has 0 aliphatic rings. The Morgan fingerprint density at radius 3 is 1.27 bits per heavy atom. The fourth-order valence-electron chi connectivity index (χ4n) is 11.9. The lowest BCUT2D eigenvalue weighted by Crippen LogP contribution is -2.75. The third kappa shape index (κ3) is 5.94. The maximum atomic E-state index is 2.64. The van der Waals surface area contributed by atoms with Gasteiger partial charge in [-0.1, -0.05) is 218 Å². The molecule has 0 saturated carbocycles. The maximum Gasteiger partial charge on any atom is 0.181 e. The summed E-state index contributed by atoms with van der Waals surface area (Å²) in [5.41, 5.74) is 12.9. The largest absolute Gasteiger partial charge is 0.309 e. The number of fused-ring (bicyclic) bond motifs is 9. The summed E-state index contributed by atoms with van der Waals surface area (Å²) in [5.74, 6) is 0. The van der Waals surface area contributed by atoms with Crippen LogP contribution in [0.25, 0.3) is 93.6 Å². The number of nitrogens with zero attached hydrogens (tertiary/aromatic N) is 3. The Kier molecular flexibility index (Phi) is 9.23. The summed E-state index contributed by atoms with van der Waals surface area (Å²) in [6, 6.07) is 102. The topological polar surface area (TPSA) is 14.8 Å². The number of benzene rings is 11. The van der Waals surface area contributed by atoms with Gasteiger partial charge >= 0.3 is 0 Å². The van der Waals surface area contributed by atoms with Crippen LogP contribution in [0.4, 0.5) is 0 Å². The van der Waals surface area contributed by atoms with E-state index < -0.39 is 8.07 Å². The summed E-state index contributed by atoms with van der Waals surface area (Å²) in [7, 11) is -3.07. The Labute approximate surface area is 407 Å². The first-order valence-corrected chi connectivity index (χ1v) is 26.2. The number of aromatic nitrogens is 3. The lowest BCUT2D eigenvalue weighted by atomic mass is 10.1. The van der Waals surface area contributed by atoms with Crippen LogP contribution < -0.4 is 20.7 Å². The van der Waals surface area contributed by atoms with Gasteiger partial charge < -0.3 is 13.7 Å². The van der Waals surface area contributed by atoms with E-state index in [1.165, 1.54) is 97.3 Å². The second-order valence-electron chi connectivity index (χ2n) is 18.4. The monoisotopic (exact) mass is 907 g/mol. The van der Waals surface area contributed by atoms with Gasteiger partial charge in [-0.3, -0.25) is 0 Å². The van der Waals surface area contributed by atoms with Gasteiger partial charge in [-0.25, -0.2) is 0 Å². The Morgan fingerprint density at radius 2 is 0.671 bits per heavy atom. The minimum atomic E-state index is -3.07. The van der Waals surface area contributed by atoms with E-state index in [0.717, 1.165) is 17.1 Å². The molecular weight excluding hydrogens is 863 g/mol. The van der Waals surface area contributed by atoms with Crippen molar-refractivity contribution in [3.8, 4) is 28.2 Å². The molecule has 0 radical (unpaired) electrons. The Balaban J connectivity index is 1.15. The van der Waals surface area contributed by atoms with Crippen LogP contribution in [0.3, 0.4) is 0 Å². The minimum Gasteiger partial charge on any atom is -0.309 e. The van der Waals surface area contributed by atoms with Crippen LogP contribution in [0.2, 0.25) is 0 Å². The molecule has 3 aromatic heterocycles. The molecule has 4 heteroatoms. The highest BCUT2D eigenvalue weighted by molar-refractivity contribution is 7.20. The average molecular weight is 908 g/mol. The van der Waals surface area contributed by atoms with Gasteiger partial charge in [0, 0.05) is 43.7 Å². The molecule has 14 aromatic rings. The summed E-state index contributed by atoms with van der Waals surface area (Å²) in [5, 5.41) is 12.7. The van der Waals surface area contributed by atoms with Gasteiger partial charge in [-0.05, 0) is 86.5 Å². The molecule has 11 aromatic carbocycles. The van der Waals surface area contributed by atoms with Crippen molar-refractivity contribution < 1.29 is 0 Å². The lowest BCUT2D eigenvalue weighted by Gasteiger charge is -2.35. The molecule has 0 unspecified atom stereocenters. The predicted octanol–water partition coefficient (Wildman–Crippen LogP) is 14.0. The molecule has 0 amide bonds. The van der Waals surface area contributed by atoms with Crippen molar-refractivity contribution in [2.24, 2.45) is 0 Å². The third-order valence-electron chi connectivity index (χ3n) is 14.8. The standard InChI is InChI=1S/C66H45N3Si/c1-5-22-46(23-6-1)47-24-19-25-48(44-47)67-59-37-16-15-34-55(59)58-45-49(42-43-62(58)67)68-65-56(35-20-40-63(65)69-60-38-17-13-32-53(60)54-33-14-18-39-61(54)69)57-36-21-41-64(66(57)68)70(50-26-7-2-8-27-50,51-28-9-3-10-29-51)52-30-11-4-12-31-52/h1-45H. The van der Waals surface area contributed by atoms with Crippen LogP contribution in [0.5, 0.6) is 0 Å². The zero-order valence-corrected chi connectivity index (χ0v) is 39.3. The van der Waals surface area contributed by atoms with E-state index >= 15 is 0 Å². The van der Waals surface area contributed by atoms with Crippen molar-refractivity contribution >= 4 is 94.2 Å². The SMILES string of the molecule is c1ccc(-c2cccc(-n3c4ccccc4c4cc(-n5c6c(-n7c8ccccc8c8ccccc87)cccc6c6cccc([Si](c7ccccc7)(c7ccccc7)c7ccccc7)c65)ccc43)c2)cc1. The van der Waals surface area contributed by atoms with Gasteiger partial charge in [0.05, 0.1) is 38.8 Å². The van der Waals surface area contributed by atoms with Crippen molar-refractivity contribution in [3.63, 3.8) is 0 Å². The van der Waals surface area contributed by atoms with Crippen molar-refractivity contribution in [1.82, 2.24) is 13.7 Å². The lowest BCUT2D eigenvalue weighted by molar-refractivity contribution is 1.13. The summed E-state index contributed by atoms with van der Waals surface area (Å²) in [6.45, 7) is 0. The first kappa shape index (κ1) is 40.1. The van der Waals surface area contributed by atoms with Gasteiger partial charge in [0.25, 0.3) is 0 Å². The molecule has 70 heavy (non-hydrogen) atoms. The first-order valence-electron chi connectivity index (χ1n) is 24.2. The molecule has 0 atom stereocenters. The van der Waals surface area contributed by atoms with Crippen LogP contribution in [-0.4, -0.2) is 21.8 Å². The molecule has 0 fully saturated rings. The van der Waals surface area contributed by atoms with Gasteiger partial charge in [0.2, 0.25) is 0 Å². The first-order chi connectivity index (χ1) is 34.8. The minimum absolute atomic E-state index is 1.12. The molecule has 0 bridgehead atoms. The number of hydrogen-bond donors (Lipinski definition) is 0. The summed E-state index contributed by atoms with van der Waals surface area (Å²) < 4.78 is 7.58. The number of para-hydroxylation sites is 5. The second-order valence-corrected chi connectivity index (χ2v) is 22.2.